The van der Waals surface area contributed by atoms with Crippen LogP contribution in [0.15, 0.2) is 59.1 Å². The van der Waals surface area contributed by atoms with Crippen molar-refractivity contribution in [2.45, 2.75) is 6.92 Å². The lowest BCUT2D eigenvalue weighted by atomic mass is 10.1. The molecule has 2 amide bonds. The summed E-state index contributed by atoms with van der Waals surface area (Å²) in [6, 6.07) is 13.3. The molecule has 2 N–H and O–H groups in total. The van der Waals surface area contributed by atoms with E-state index in [2.05, 4.69) is 15.8 Å². The van der Waals surface area contributed by atoms with E-state index in [0.29, 0.717) is 11.4 Å². The molecule has 126 valence electrons. The minimum absolute atomic E-state index is 0.272. The molecule has 0 saturated heterocycles. The molecule has 1 aromatic heterocycles. The first-order valence-corrected chi connectivity index (χ1v) is 7.43. The van der Waals surface area contributed by atoms with Crippen LogP contribution in [0.4, 0.5) is 15.9 Å². The lowest BCUT2D eigenvalue weighted by molar-refractivity contribution is 0.102. The summed E-state index contributed by atoms with van der Waals surface area (Å²) >= 11 is 0. The highest BCUT2D eigenvalue weighted by atomic mass is 19.1. The highest BCUT2D eigenvalue weighted by molar-refractivity contribution is 6.08. The Morgan fingerprint density at radius 2 is 1.64 bits per heavy atom. The first-order valence-electron chi connectivity index (χ1n) is 7.43. The molecular formula is C18H14FN3O3. The third-order valence-corrected chi connectivity index (χ3v) is 3.34. The number of carbonyl (C=O) groups is 2. The van der Waals surface area contributed by atoms with Gasteiger partial charge in [0.15, 0.2) is 5.82 Å². The molecule has 25 heavy (non-hydrogen) atoms. The predicted octanol–water partition coefficient (Wildman–Crippen LogP) is 3.63. The van der Waals surface area contributed by atoms with E-state index >= 15 is 0 Å². The Labute approximate surface area is 142 Å². The van der Waals surface area contributed by atoms with Gasteiger partial charge in [0.2, 0.25) is 0 Å². The van der Waals surface area contributed by atoms with Crippen molar-refractivity contribution < 1.29 is 18.5 Å². The fraction of sp³-hybridized carbons (Fsp3) is 0.0556. The van der Waals surface area contributed by atoms with E-state index in [1.54, 1.807) is 37.3 Å². The van der Waals surface area contributed by atoms with Crippen LogP contribution in [-0.2, 0) is 0 Å². The number of anilines is 2. The molecule has 0 radical (unpaired) electrons. The second kappa shape index (κ2) is 6.96. The zero-order valence-corrected chi connectivity index (χ0v) is 13.2. The maximum Gasteiger partial charge on any atom is 0.256 e. The normalized spacial score (nSPS) is 10.3. The largest absolute Gasteiger partial charge is 0.360 e. The van der Waals surface area contributed by atoms with E-state index in [4.69, 9.17) is 4.52 Å². The van der Waals surface area contributed by atoms with Crippen molar-refractivity contribution in [2.24, 2.45) is 0 Å². The zero-order valence-electron chi connectivity index (χ0n) is 13.2. The monoisotopic (exact) mass is 339 g/mol. The molecule has 0 aliphatic heterocycles. The van der Waals surface area contributed by atoms with Crippen LogP contribution in [0, 0.1) is 12.7 Å². The van der Waals surface area contributed by atoms with Gasteiger partial charge in [-0.1, -0.05) is 17.3 Å². The average molecular weight is 339 g/mol. The zero-order chi connectivity index (χ0) is 17.8. The number of benzene rings is 2. The number of rotatable bonds is 4. The fourth-order valence-electron chi connectivity index (χ4n) is 2.18. The van der Waals surface area contributed by atoms with Gasteiger partial charge in [0.1, 0.15) is 11.6 Å². The Morgan fingerprint density at radius 1 is 0.960 bits per heavy atom. The van der Waals surface area contributed by atoms with Crippen LogP contribution in [0.1, 0.15) is 26.5 Å². The molecule has 3 aromatic rings. The van der Waals surface area contributed by atoms with Crippen molar-refractivity contribution >= 4 is 23.3 Å². The third-order valence-electron chi connectivity index (χ3n) is 3.34. The van der Waals surface area contributed by atoms with Gasteiger partial charge in [-0.15, -0.1) is 0 Å². The Morgan fingerprint density at radius 3 is 2.28 bits per heavy atom. The summed E-state index contributed by atoms with van der Waals surface area (Å²) in [6.07, 6.45) is 0. The van der Waals surface area contributed by atoms with Gasteiger partial charge in [-0.2, -0.15) is 0 Å². The van der Waals surface area contributed by atoms with Gasteiger partial charge >= 0.3 is 0 Å². The number of amides is 2. The Bertz CT molecular complexity index is 937. The summed E-state index contributed by atoms with van der Waals surface area (Å²) < 4.78 is 18.1. The molecule has 0 fully saturated rings. The van der Waals surface area contributed by atoms with E-state index in [0.717, 1.165) is 0 Å². The average Bonchev–Trinajstić information content (AvgIpc) is 3.00. The van der Waals surface area contributed by atoms with Crippen LogP contribution >= 0.6 is 0 Å². The second-order valence-electron chi connectivity index (χ2n) is 5.32. The summed E-state index contributed by atoms with van der Waals surface area (Å²) in [5.74, 6) is -0.462. The van der Waals surface area contributed by atoms with Crippen LogP contribution in [0.5, 0.6) is 0 Å². The number of nitrogens with zero attached hydrogens (tertiary/aromatic N) is 1. The Kier molecular flexibility index (Phi) is 4.56. The van der Waals surface area contributed by atoms with Crippen LogP contribution in [0.2, 0.25) is 0 Å². The highest BCUT2D eigenvalue weighted by Crippen LogP contribution is 2.14. The van der Waals surface area contributed by atoms with Gasteiger partial charge in [0, 0.05) is 22.9 Å². The quantitative estimate of drug-likeness (QED) is 0.760. The standard InChI is InChI=1S/C18H14FN3O3/c1-11-8-16(22-25-11)21-18(24)13-5-2-4-12(9-13)17(23)20-15-7-3-6-14(19)10-15/h2-10H,1H3,(H,20,23)(H,21,22,24). The van der Waals surface area contributed by atoms with Crippen molar-refractivity contribution in [3.8, 4) is 0 Å². The van der Waals surface area contributed by atoms with E-state index in [1.807, 2.05) is 0 Å². The first-order chi connectivity index (χ1) is 12.0. The third kappa shape index (κ3) is 4.08. The lowest BCUT2D eigenvalue weighted by Gasteiger charge is -2.07. The van der Waals surface area contributed by atoms with Gasteiger partial charge in [-0.25, -0.2) is 4.39 Å². The van der Waals surface area contributed by atoms with Crippen LogP contribution in [-0.4, -0.2) is 17.0 Å². The summed E-state index contributed by atoms with van der Waals surface area (Å²) in [5, 5.41) is 8.84. The number of halogens is 1. The van der Waals surface area contributed by atoms with Crippen molar-refractivity contribution in [1.82, 2.24) is 5.16 Å². The number of hydrogen-bond acceptors (Lipinski definition) is 4. The Hall–Kier alpha value is -3.48. The molecule has 0 bridgehead atoms. The van der Waals surface area contributed by atoms with E-state index in [-0.39, 0.29) is 16.9 Å². The molecular weight excluding hydrogens is 325 g/mol. The van der Waals surface area contributed by atoms with E-state index in [9.17, 15) is 14.0 Å². The number of carbonyl (C=O) groups excluding carboxylic acids is 2. The SMILES string of the molecule is Cc1cc(NC(=O)c2cccc(C(=O)Nc3cccc(F)c3)c2)no1. The minimum Gasteiger partial charge on any atom is -0.360 e. The van der Waals surface area contributed by atoms with Crippen LogP contribution < -0.4 is 10.6 Å². The molecule has 7 heteroatoms. The van der Waals surface area contributed by atoms with Crippen molar-refractivity contribution in [3.05, 3.63) is 77.3 Å². The summed E-state index contributed by atoms with van der Waals surface area (Å²) in [6.45, 7) is 1.71. The van der Waals surface area contributed by atoms with Gasteiger partial charge in [-0.05, 0) is 43.3 Å². The molecule has 0 spiro atoms. The number of aromatic nitrogens is 1. The molecule has 0 atom stereocenters. The topological polar surface area (TPSA) is 84.2 Å². The maximum atomic E-state index is 13.2. The smallest absolute Gasteiger partial charge is 0.256 e. The van der Waals surface area contributed by atoms with Crippen molar-refractivity contribution in [3.63, 3.8) is 0 Å². The van der Waals surface area contributed by atoms with Gasteiger partial charge in [0.05, 0.1) is 0 Å². The summed E-state index contributed by atoms with van der Waals surface area (Å²) in [4.78, 5) is 24.5. The molecule has 0 aliphatic carbocycles. The minimum atomic E-state index is -0.450. The van der Waals surface area contributed by atoms with E-state index < -0.39 is 17.6 Å². The van der Waals surface area contributed by atoms with Crippen molar-refractivity contribution in [2.75, 3.05) is 10.6 Å². The van der Waals surface area contributed by atoms with E-state index in [1.165, 1.54) is 24.3 Å². The second-order valence-corrected chi connectivity index (χ2v) is 5.32. The number of hydrogen-bond donors (Lipinski definition) is 2. The summed E-state index contributed by atoms with van der Waals surface area (Å²) in [5.41, 5.74) is 0.888. The van der Waals surface area contributed by atoms with Gasteiger partial charge in [0.25, 0.3) is 11.8 Å². The molecule has 2 aromatic carbocycles. The molecule has 1 heterocycles. The number of nitrogens with one attached hydrogen (secondary N) is 2. The maximum absolute atomic E-state index is 13.2. The predicted molar refractivity (Wildman–Crippen MR) is 90.0 cm³/mol. The van der Waals surface area contributed by atoms with Gasteiger partial charge in [-0.3, -0.25) is 9.59 Å². The van der Waals surface area contributed by atoms with Gasteiger partial charge < -0.3 is 15.2 Å². The molecule has 6 nitrogen and oxygen atoms in total. The molecule has 0 saturated carbocycles. The molecule has 0 unspecified atom stereocenters. The highest BCUT2D eigenvalue weighted by Gasteiger charge is 2.12. The molecule has 0 aliphatic rings. The van der Waals surface area contributed by atoms with Crippen LogP contribution in [0.25, 0.3) is 0 Å². The first kappa shape index (κ1) is 16.4. The molecule has 3 rings (SSSR count). The van der Waals surface area contributed by atoms with Crippen molar-refractivity contribution in [1.29, 1.82) is 0 Å². The Balaban J connectivity index is 1.74. The fourth-order valence-corrected chi connectivity index (χ4v) is 2.18. The van der Waals surface area contributed by atoms with Crippen LogP contribution in [0.3, 0.4) is 0 Å². The summed E-state index contributed by atoms with van der Waals surface area (Å²) in [7, 11) is 0. The lowest BCUT2D eigenvalue weighted by Crippen LogP contribution is -2.15. The number of aryl methyl sites for hydroxylation is 1.